The highest BCUT2D eigenvalue weighted by Gasteiger charge is 2.29. The lowest BCUT2D eigenvalue weighted by Gasteiger charge is -2.23. The highest BCUT2D eigenvalue weighted by atomic mass is 16.6. The van der Waals surface area contributed by atoms with Gasteiger partial charge in [0, 0.05) is 12.1 Å². The molecule has 0 fully saturated rings. The molecule has 0 bridgehead atoms. The number of carbonyl (C=O) groups excluding carboxylic acids is 1. The minimum Gasteiger partial charge on any atom is -0.453 e. The Bertz CT molecular complexity index is 877. The maximum Gasteiger partial charge on any atom is 0.282 e. The minimum atomic E-state index is -0.649. The molecule has 3 rings (SSSR count). The van der Waals surface area contributed by atoms with Crippen LogP contribution in [0.1, 0.15) is 17.3 Å². The fourth-order valence-corrected chi connectivity index (χ4v) is 2.36. The third-order valence-electron chi connectivity index (χ3n) is 3.35. The Balaban J connectivity index is 2.15. The number of nitrogens with zero attached hydrogens (tertiary/aromatic N) is 2. The zero-order valence-corrected chi connectivity index (χ0v) is 11.7. The molecule has 0 atom stereocenters. The molecule has 1 N–H and O–H groups in total. The monoisotopic (exact) mass is 315 g/mol. The molecule has 9 heteroatoms. The molecule has 0 aliphatic carbocycles. The molecule has 1 heterocycles. The second-order valence-corrected chi connectivity index (χ2v) is 4.81. The molecule has 23 heavy (non-hydrogen) atoms. The molecule has 0 saturated heterocycles. The molecule has 1 aliphatic rings. The number of fused-ring (bicyclic) bond motifs is 2. The highest BCUT2D eigenvalue weighted by Crippen LogP contribution is 2.47. The van der Waals surface area contributed by atoms with Gasteiger partial charge in [-0.2, -0.15) is 0 Å². The van der Waals surface area contributed by atoms with E-state index >= 15 is 0 Å². The standard InChI is InChI=1S/C14H9N3O6/c1-7(18)13-10(17(21)22)4-5-11-14(13)15-9-3-2-8(16(19)20)6-12(9)23-11/h2-6,15H,1H3. The first-order valence-electron chi connectivity index (χ1n) is 6.44. The van der Waals surface area contributed by atoms with Crippen molar-refractivity contribution in [3.63, 3.8) is 0 Å². The quantitative estimate of drug-likeness (QED) is 0.445. The molecule has 1 aliphatic heterocycles. The van der Waals surface area contributed by atoms with E-state index in [0.29, 0.717) is 5.69 Å². The van der Waals surface area contributed by atoms with Gasteiger partial charge in [-0.1, -0.05) is 0 Å². The molecule has 116 valence electrons. The van der Waals surface area contributed by atoms with Gasteiger partial charge < -0.3 is 10.1 Å². The van der Waals surface area contributed by atoms with Gasteiger partial charge in [0.05, 0.1) is 27.3 Å². The van der Waals surface area contributed by atoms with Crippen LogP contribution in [0.2, 0.25) is 0 Å². The number of rotatable bonds is 3. The molecular formula is C14H9N3O6. The van der Waals surface area contributed by atoms with Crippen LogP contribution in [0, 0.1) is 20.2 Å². The Hall–Kier alpha value is -3.49. The summed E-state index contributed by atoms with van der Waals surface area (Å²) in [7, 11) is 0. The van der Waals surface area contributed by atoms with Crippen LogP contribution in [0.25, 0.3) is 0 Å². The summed E-state index contributed by atoms with van der Waals surface area (Å²) in [6.45, 7) is 1.22. The second-order valence-electron chi connectivity index (χ2n) is 4.81. The lowest BCUT2D eigenvalue weighted by atomic mass is 10.0. The summed E-state index contributed by atoms with van der Waals surface area (Å²) in [5.74, 6) is -0.0983. The van der Waals surface area contributed by atoms with Crippen molar-refractivity contribution in [3.8, 4) is 11.5 Å². The molecule has 9 nitrogen and oxygen atoms in total. The van der Waals surface area contributed by atoms with Crippen LogP contribution in [-0.2, 0) is 0 Å². The van der Waals surface area contributed by atoms with Gasteiger partial charge in [-0.3, -0.25) is 25.0 Å². The van der Waals surface area contributed by atoms with Crippen molar-refractivity contribution in [3.05, 3.63) is 56.1 Å². The minimum absolute atomic E-state index is 0.100. The second kappa shape index (κ2) is 5.05. The predicted molar refractivity (Wildman–Crippen MR) is 79.6 cm³/mol. The molecule has 0 saturated carbocycles. The molecular weight excluding hydrogens is 306 g/mol. The Morgan fingerprint density at radius 2 is 1.83 bits per heavy atom. The van der Waals surface area contributed by atoms with Crippen LogP contribution >= 0.6 is 0 Å². The molecule has 2 aromatic rings. The summed E-state index contributed by atoms with van der Waals surface area (Å²) in [5.41, 5.74) is -0.0314. The fraction of sp³-hybridized carbons (Fsp3) is 0.0714. The van der Waals surface area contributed by atoms with Crippen molar-refractivity contribution < 1.29 is 19.4 Å². The molecule has 0 unspecified atom stereocenters. The Morgan fingerprint density at radius 1 is 1.09 bits per heavy atom. The number of nitrogens with one attached hydrogen (secondary N) is 1. The zero-order valence-electron chi connectivity index (χ0n) is 11.7. The first-order chi connectivity index (χ1) is 10.9. The van der Waals surface area contributed by atoms with Crippen LogP contribution in [0.3, 0.4) is 0 Å². The number of hydrogen-bond donors (Lipinski definition) is 1. The number of nitro benzene ring substituents is 2. The third kappa shape index (κ3) is 2.33. The summed E-state index contributed by atoms with van der Waals surface area (Å²) >= 11 is 0. The Morgan fingerprint density at radius 3 is 2.43 bits per heavy atom. The van der Waals surface area contributed by atoms with E-state index in [0.717, 1.165) is 0 Å². The number of nitro groups is 2. The van der Waals surface area contributed by atoms with Crippen molar-refractivity contribution in [2.24, 2.45) is 0 Å². The number of non-ortho nitro benzene ring substituents is 1. The van der Waals surface area contributed by atoms with Crippen molar-refractivity contribution in [2.45, 2.75) is 6.92 Å². The average molecular weight is 315 g/mol. The topological polar surface area (TPSA) is 125 Å². The normalized spacial score (nSPS) is 11.5. The number of ether oxygens (including phenoxy) is 1. The molecule has 0 spiro atoms. The number of anilines is 2. The van der Waals surface area contributed by atoms with Crippen molar-refractivity contribution >= 4 is 28.5 Å². The highest BCUT2D eigenvalue weighted by molar-refractivity contribution is 6.06. The van der Waals surface area contributed by atoms with Gasteiger partial charge >= 0.3 is 0 Å². The van der Waals surface area contributed by atoms with Crippen molar-refractivity contribution in [1.29, 1.82) is 0 Å². The Kier molecular flexibility index (Phi) is 3.17. The van der Waals surface area contributed by atoms with Gasteiger partial charge in [-0.25, -0.2) is 0 Å². The summed E-state index contributed by atoms with van der Waals surface area (Å²) in [5, 5.41) is 24.8. The van der Waals surface area contributed by atoms with Gasteiger partial charge in [-0.05, 0) is 19.1 Å². The first-order valence-corrected chi connectivity index (χ1v) is 6.44. The van der Waals surface area contributed by atoms with Gasteiger partial charge in [0.25, 0.3) is 11.4 Å². The van der Waals surface area contributed by atoms with E-state index < -0.39 is 15.6 Å². The van der Waals surface area contributed by atoms with Crippen LogP contribution < -0.4 is 10.1 Å². The molecule has 2 aromatic carbocycles. The zero-order chi connectivity index (χ0) is 16.7. The average Bonchev–Trinajstić information content (AvgIpc) is 2.50. The van der Waals surface area contributed by atoms with Crippen LogP contribution in [0.5, 0.6) is 11.5 Å². The Labute approximate surface area is 128 Å². The summed E-state index contributed by atoms with van der Waals surface area (Å²) in [6.07, 6.45) is 0. The maximum atomic E-state index is 11.8. The van der Waals surface area contributed by atoms with E-state index in [9.17, 15) is 25.0 Å². The lowest BCUT2D eigenvalue weighted by Crippen LogP contribution is -2.10. The van der Waals surface area contributed by atoms with Crippen LogP contribution in [0.4, 0.5) is 22.7 Å². The molecule has 0 aromatic heterocycles. The SMILES string of the molecule is CC(=O)c1c([N+](=O)[O-])ccc2c1Nc1ccc([N+](=O)[O-])cc1O2. The number of ketones is 1. The molecule has 0 radical (unpaired) electrons. The molecule has 0 amide bonds. The number of carbonyl (C=O) groups is 1. The van der Waals surface area contributed by atoms with E-state index in [4.69, 9.17) is 4.74 Å². The van der Waals surface area contributed by atoms with E-state index in [1.807, 2.05) is 0 Å². The maximum absolute atomic E-state index is 11.8. The van der Waals surface area contributed by atoms with Crippen LogP contribution in [-0.4, -0.2) is 15.6 Å². The number of Topliss-reactive ketones (excluding diaryl/α,β-unsaturated/α-hetero) is 1. The van der Waals surface area contributed by atoms with Crippen LogP contribution in [0.15, 0.2) is 30.3 Å². The number of hydrogen-bond acceptors (Lipinski definition) is 7. The van der Waals surface area contributed by atoms with E-state index in [1.54, 1.807) is 0 Å². The van der Waals surface area contributed by atoms with E-state index in [1.165, 1.54) is 37.3 Å². The number of benzene rings is 2. The summed E-state index contributed by atoms with van der Waals surface area (Å²) in [6, 6.07) is 6.43. The van der Waals surface area contributed by atoms with E-state index in [2.05, 4.69) is 5.32 Å². The lowest BCUT2D eigenvalue weighted by molar-refractivity contribution is -0.385. The third-order valence-corrected chi connectivity index (χ3v) is 3.35. The predicted octanol–water partition coefficient (Wildman–Crippen LogP) is 3.55. The van der Waals surface area contributed by atoms with Gasteiger partial charge in [0.15, 0.2) is 17.3 Å². The van der Waals surface area contributed by atoms with E-state index in [-0.39, 0.29) is 34.1 Å². The summed E-state index contributed by atoms with van der Waals surface area (Å²) < 4.78 is 5.55. The smallest absolute Gasteiger partial charge is 0.282 e. The van der Waals surface area contributed by atoms with Gasteiger partial charge in [-0.15, -0.1) is 0 Å². The van der Waals surface area contributed by atoms with Crippen molar-refractivity contribution in [1.82, 2.24) is 0 Å². The first kappa shape index (κ1) is 14.4. The van der Waals surface area contributed by atoms with Gasteiger partial charge in [0.1, 0.15) is 5.56 Å². The largest absolute Gasteiger partial charge is 0.453 e. The van der Waals surface area contributed by atoms with Crippen molar-refractivity contribution in [2.75, 3.05) is 5.32 Å². The summed E-state index contributed by atoms with van der Waals surface area (Å²) in [4.78, 5) is 32.5. The van der Waals surface area contributed by atoms with Gasteiger partial charge in [0.2, 0.25) is 0 Å². The fourth-order valence-electron chi connectivity index (χ4n) is 2.36.